The minimum atomic E-state index is -0.948. The van der Waals surface area contributed by atoms with Crippen LogP contribution >= 0.6 is 0 Å². The summed E-state index contributed by atoms with van der Waals surface area (Å²) < 4.78 is 18.4. The van der Waals surface area contributed by atoms with Gasteiger partial charge in [0.2, 0.25) is 5.91 Å². The molecule has 2 N–H and O–H groups in total. The third-order valence-electron chi connectivity index (χ3n) is 5.43. The maximum atomic E-state index is 13.4. The Kier molecular flexibility index (Phi) is 6.64. The van der Waals surface area contributed by atoms with Crippen LogP contribution in [0.4, 0.5) is 4.39 Å². The predicted molar refractivity (Wildman–Crippen MR) is 110 cm³/mol. The Morgan fingerprint density at radius 3 is 2.24 bits per heavy atom. The molecule has 1 aliphatic rings. The van der Waals surface area contributed by atoms with Crippen molar-refractivity contribution in [2.75, 3.05) is 19.7 Å². The van der Waals surface area contributed by atoms with E-state index in [9.17, 15) is 14.0 Å². The van der Waals surface area contributed by atoms with Gasteiger partial charge < -0.3 is 15.4 Å². The number of esters is 1. The van der Waals surface area contributed by atoms with Gasteiger partial charge in [-0.15, -0.1) is 0 Å². The van der Waals surface area contributed by atoms with Crippen molar-refractivity contribution in [3.8, 4) is 11.1 Å². The van der Waals surface area contributed by atoms with Gasteiger partial charge in [0.1, 0.15) is 6.17 Å². The summed E-state index contributed by atoms with van der Waals surface area (Å²) in [5, 5.41) is 0. The van der Waals surface area contributed by atoms with Crippen molar-refractivity contribution >= 4 is 11.9 Å². The van der Waals surface area contributed by atoms with E-state index in [-0.39, 0.29) is 24.3 Å². The molecule has 6 heteroatoms. The van der Waals surface area contributed by atoms with Crippen LogP contribution in [0.15, 0.2) is 48.5 Å². The maximum Gasteiger partial charge on any atom is 0.338 e. The summed E-state index contributed by atoms with van der Waals surface area (Å²) in [7, 11) is 0. The zero-order valence-electron chi connectivity index (χ0n) is 16.8. The molecule has 0 bridgehead atoms. The van der Waals surface area contributed by atoms with Gasteiger partial charge in [-0.1, -0.05) is 43.3 Å². The molecule has 2 aromatic rings. The van der Waals surface area contributed by atoms with Gasteiger partial charge >= 0.3 is 5.97 Å². The highest BCUT2D eigenvalue weighted by molar-refractivity contribution is 5.90. The molecule has 1 saturated heterocycles. The lowest BCUT2D eigenvalue weighted by atomic mass is 9.91. The van der Waals surface area contributed by atoms with E-state index < -0.39 is 12.2 Å². The van der Waals surface area contributed by atoms with Crippen molar-refractivity contribution < 1.29 is 18.7 Å². The van der Waals surface area contributed by atoms with Gasteiger partial charge in [-0.25, -0.2) is 9.18 Å². The maximum absolute atomic E-state index is 13.4. The third kappa shape index (κ3) is 4.82. The van der Waals surface area contributed by atoms with Crippen molar-refractivity contribution in [2.24, 2.45) is 5.73 Å². The van der Waals surface area contributed by atoms with Crippen LogP contribution in [0, 0.1) is 0 Å². The molecule has 0 spiro atoms. The average molecular weight is 398 g/mol. The van der Waals surface area contributed by atoms with Crippen LogP contribution in [-0.4, -0.2) is 48.7 Å². The van der Waals surface area contributed by atoms with Crippen molar-refractivity contribution in [1.82, 2.24) is 4.90 Å². The number of halogens is 1. The molecule has 0 radical (unpaired) electrons. The monoisotopic (exact) mass is 398 g/mol. The van der Waals surface area contributed by atoms with E-state index >= 15 is 0 Å². The molecule has 3 rings (SSSR count). The molecule has 5 nitrogen and oxygen atoms in total. The summed E-state index contributed by atoms with van der Waals surface area (Å²) in [5.74, 6) is -0.711. The number of amides is 1. The first-order chi connectivity index (χ1) is 13.9. The Labute approximate surface area is 170 Å². The largest absolute Gasteiger partial charge is 0.462 e. The van der Waals surface area contributed by atoms with Crippen LogP contribution < -0.4 is 5.73 Å². The molecule has 1 heterocycles. The molecular weight excluding hydrogens is 371 g/mol. The Hall–Kier alpha value is -2.73. The molecule has 0 unspecified atom stereocenters. The van der Waals surface area contributed by atoms with Crippen LogP contribution in [0.1, 0.15) is 42.1 Å². The van der Waals surface area contributed by atoms with Gasteiger partial charge in [0.05, 0.1) is 24.8 Å². The number of ether oxygens (including phenoxy) is 1. The summed E-state index contributed by atoms with van der Waals surface area (Å²) in [6.45, 7) is 4.60. The first-order valence-electron chi connectivity index (χ1n) is 9.96. The number of hydrogen-bond acceptors (Lipinski definition) is 4. The molecule has 3 atom stereocenters. The number of nitrogens with two attached hydrogens (primary N) is 1. The summed E-state index contributed by atoms with van der Waals surface area (Å²) in [6, 6.07) is 14.4. The molecule has 1 aliphatic heterocycles. The van der Waals surface area contributed by atoms with E-state index in [1.54, 1.807) is 19.1 Å². The molecule has 1 fully saturated rings. The number of alkyl halides is 1. The number of hydrogen-bond donors (Lipinski definition) is 1. The second-order valence-corrected chi connectivity index (χ2v) is 7.40. The minimum Gasteiger partial charge on any atom is -0.462 e. The fourth-order valence-corrected chi connectivity index (χ4v) is 3.54. The van der Waals surface area contributed by atoms with E-state index in [4.69, 9.17) is 10.5 Å². The van der Waals surface area contributed by atoms with E-state index in [1.165, 1.54) is 4.90 Å². The molecule has 2 aromatic carbocycles. The van der Waals surface area contributed by atoms with Crippen molar-refractivity contribution in [1.29, 1.82) is 0 Å². The highest BCUT2D eigenvalue weighted by atomic mass is 19.1. The number of carbonyl (C=O) groups excluding carboxylic acids is 2. The highest BCUT2D eigenvalue weighted by Crippen LogP contribution is 2.26. The fourth-order valence-electron chi connectivity index (χ4n) is 3.54. The number of rotatable bonds is 6. The van der Waals surface area contributed by atoms with Crippen molar-refractivity contribution in [3.63, 3.8) is 0 Å². The average Bonchev–Trinajstić information content (AvgIpc) is 3.19. The van der Waals surface area contributed by atoms with Crippen molar-refractivity contribution in [3.05, 3.63) is 59.7 Å². The molecule has 29 heavy (non-hydrogen) atoms. The minimum absolute atomic E-state index is 0.139. The van der Waals surface area contributed by atoms with Gasteiger partial charge in [-0.3, -0.25) is 4.79 Å². The fraction of sp³-hybridized carbons (Fsp3) is 0.391. The first kappa shape index (κ1) is 21.0. The van der Waals surface area contributed by atoms with Gasteiger partial charge in [-0.2, -0.15) is 0 Å². The second kappa shape index (κ2) is 9.18. The van der Waals surface area contributed by atoms with E-state index in [2.05, 4.69) is 0 Å². The first-order valence-corrected chi connectivity index (χ1v) is 9.96. The Bertz CT molecular complexity index is 851. The van der Waals surface area contributed by atoms with Crippen LogP contribution in [0.2, 0.25) is 0 Å². The zero-order valence-corrected chi connectivity index (χ0v) is 16.8. The molecular formula is C23H27FN2O3. The predicted octanol–water partition coefficient (Wildman–Crippen LogP) is 3.53. The highest BCUT2D eigenvalue weighted by Gasteiger charge is 2.32. The van der Waals surface area contributed by atoms with Gasteiger partial charge in [0.15, 0.2) is 0 Å². The Balaban J connectivity index is 1.67. The van der Waals surface area contributed by atoms with Crippen molar-refractivity contribution in [2.45, 2.75) is 38.4 Å². The lowest BCUT2D eigenvalue weighted by Gasteiger charge is -2.25. The number of benzene rings is 2. The van der Waals surface area contributed by atoms with E-state index in [0.717, 1.165) is 16.7 Å². The number of likely N-dealkylation sites (tertiary alicyclic amines) is 1. The Morgan fingerprint density at radius 2 is 1.72 bits per heavy atom. The zero-order chi connectivity index (χ0) is 21.0. The van der Waals surface area contributed by atoms with E-state index in [0.29, 0.717) is 25.1 Å². The summed E-state index contributed by atoms with van der Waals surface area (Å²) in [6.07, 6.45) is -0.563. The summed E-state index contributed by atoms with van der Waals surface area (Å²) in [5.41, 5.74) is 9.62. The third-order valence-corrected chi connectivity index (χ3v) is 5.43. The van der Waals surface area contributed by atoms with Gasteiger partial charge in [-0.05, 0) is 42.2 Å². The van der Waals surface area contributed by atoms with Crippen LogP contribution in [-0.2, 0) is 9.53 Å². The molecule has 0 aromatic heterocycles. The number of nitrogens with zero attached hydrogens (tertiary/aromatic N) is 1. The second-order valence-electron chi connectivity index (χ2n) is 7.40. The molecule has 1 amide bonds. The molecule has 154 valence electrons. The topological polar surface area (TPSA) is 72.6 Å². The molecule has 0 aliphatic carbocycles. The Morgan fingerprint density at radius 1 is 1.14 bits per heavy atom. The summed E-state index contributed by atoms with van der Waals surface area (Å²) >= 11 is 0. The summed E-state index contributed by atoms with van der Waals surface area (Å²) in [4.78, 5) is 25.8. The lowest BCUT2D eigenvalue weighted by molar-refractivity contribution is -0.132. The normalized spacial score (nSPS) is 18.3. The standard InChI is InChI=1S/C23H27FN2O3/c1-3-29-23(28)19-10-8-18(9-11-19)17-6-4-16(5-7-17)15(2)21(25)22(27)26-13-12-20(24)14-26/h4-11,15,20-21H,3,12-14,25H2,1-2H3/t15-,20-,21-/m0/s1. The van der Waals surface area contributed by atoms with Crippen LogP contribution in [0.25, 0.3) is 11.1 Å². The smallest absolute Gasteiger partial charge is 0.338 e. The van der Waals surface area contributed by atoms with Gasteiger partial charge in [0, 0.05) is 12.5 Å². The SMILES string of the molecule is CCOC(=O)c1ccc(-c2ccc([C@H](C)[C@H](N)C(=O)N3CC[C@H](F)C3)cc2)cc1. The van der Waals surface area contributed by atoms with Gasteiger partial charge in [0.25, 0.3) is 0 Å². The molecule has 0 saturated carbocycles. The number of carbonyl (C=O) groups is 2. The van der Waals surface area contributed by atoms with E-state index in [1.807, 2.05) is 43.3 Å². The van der Waals surface area contributed by atoms with Crippen LogP contribution in [0.3, 0.4) is 0 Å². The lowest BCUT2D eigenvalue weighted by Crippen LogP contribution is -2.45. The van der Waals surface area contributed by atoms with Crippen LogP contribution in [0.5, 0.6) is 0 Å². The quantitative estimate of drug-likeness (QED) is 0.756.